The van der Waals surface area contributed by atoms with Gasteiger partial charge in [-0.2, -0.15) is 0 Å². The second-order valence-corrected chi connectivity index (χ2v) is 8.48. The quantitative estimate of drug-likeness (QED) is 0.332. The number of benzene rings is 2. The van der Waals surface area contributed by atoms with Crippen LogP contribution in [0, 0.1) is 5.82 Å². The van der Waals surface area contributed by atoms with Gasteiger partial charge in [-0.05, 0) is 85.0 Å². The topological polar surface area (TPSA) is 41.3 Å². The van der Waals surface area contributed by atoms with Crippen LogP contribution in [0.15, 0.2) is 93.9 Å². The van der Waals surface area contributed by atoms with Crippen LogP contribution in [0.25, 0.3) is 11.3 Å². The SMILES string of the molecule is Fc1ccc(-c2ccc([C@@H]3[C@H](c4ccccn4)NC(=S)N3c3ccc(Br)cc3)o2)cc1. The average molecular weight is 494 g/mol. The van der Waals surface area contributed by atoms with Gasteiger partial charge in [0.2, 0.25) is 0 Å². The van der Waals surface area contributed by atoms with E-state index in [1.807, 2.05) is 59.5 Å². The smallest absolute Gasteiger partial charge is 0.174 e. The van der Waals surface area contributed by atoms with Crippen LogP contribution in [0.4, 0.5) is 10.1 Å². The molecule has 0 bridgehead atoms. The molecule has 4 aromatic rings. The van der Waals surface area contributed by atoms with Gasteiger partial charge in [0.15, 0.2) is 5.11 Å². The van der Waals surface area contributed by atoms with E-state index in [-0.39, 0.29) is 17.9 Å². The largest absolute Gasteiger partial charge is 0.459 e. The molecule has 0 amide bonds. The number of hydrogen-bond acceptors (Lipinski definition) is 3. The van der Waals surface area contributed by atoms with E-state index in [2.05, 4.69) is 26.2 Å². The van der Waals surface area contributed by atoms with E-state index in [4.69, 9.17) is 16.6 Å². The van der Waals surface area contributed by atoms with Crippen molar-refractivity contribution in [3.05, 3.63) is 107 Å². The Morgan fingerprint density at radius 1 is 0.968 bits per heavy atom. The molecule has 2 atom stereocenters. The number of halogens is 2. The van der Waals surface area contributed by atoms with Gasteiger partial charge in [0, 0.05) is 21.9 Å². The number of rotatable bonds is 4. The van der Waals surface area contributed by atoms with Gasteiger partial charge in [0.25, 0.3) is 0 Å². The van der Waals surface area contributed by atoms with E-state index < -0.39 is 0 Å². The van der Waals surface area contributed by atoms with Crippen LogP contribution in [-0.2, 0) is 0 Å². The molecule has 0 saturated carbocycles. The normalized spacial score (nSPS) is 18.3. The zero-order chi connectivity index (χ0) is 21.4. The van der Waals surface area contributed by atoms with Gasteiger partial charge in [-0.15, -0.1) is 0 Å². The minimum atomic E-state index is -0.280. The second kappa shape index (κ2) is 8.24. The van der Waals surface area contributed by atoms with Crippen molar-refractivity contribution in [3.63, 3.8) is 0 Å². The number of pyridine rings is 1. The van der Waals surface area contributed by atoms with E-state index in [0.29, 0.717) is 10.9 Å². The Morgan fingerprint density at radius 3 is 2.45 bits per heavy atom. The summed E-state index contributed by atoms with van der Waals surface area (Å²) in [5.41, 5.74) is 2.63. The molecular formula is C24H17BrFN3OS. The maximum absolute atomic E-state index is 13.3. The summed E-state index contributed by atoms with van der Waals surface area (Å²) in [4.78, 5) is 6.60. The number of nitrogens with zero attached hydrogens (tertiary/aromatic N) is 2. The summed E-state index contributed by atoms with van der Waals surface area (Å²) in [6.07, 6.45) is 1.77. The molecule has 1 N–H and O–H groups in total. The van der Waals surface area contributed by atoms with Crippen molar-refractivity contribution in [1.29, 1.82) is 0 Å². The Labute approximate surface area is 192 Å². The molecule has 1 fully saturated rings. The highest BCUT2D eigenvalue weighted by Gasteiger charge is 2.42. The number of hydrogen-bond donors (Lipinski definition) is 1. The Balaban J connectivity index is 1.59. The van der Waals surface area contributed by atoms with Crippen molar-refractivity contribution >= 4 is 38.9 Å². The van der Waals surface area contributed by atoms with Gasteiger partial charge in [0.1, 0.15) is 23.4 Å². The molecule has 3 heterocycles. The minimum Gasteiger partial charge on any atom is -0.459 e. The molecular weight excluding hydrogens is 477 g/mol. The van der Waals surface area contributed by atoms with Crippen LogP contribution in [0.2, 0.25) is 0 Å². The highest BCUT2D eigenvalue weighted by Crippen LogP contribution is 2.43. The molecule has 4 nitrogen and oxygen atoms in total. The maximum atomic E-state index is 13.3. The van der Waals surface area contributed by atoms with Crippen molar-refractivity contribution in [2.24, 2.45) is 0 Å². The maximum Gasteiger partial charge on any atom is 0.174 e. The predicted octanol–water partition coefficient (Wildman–Crippen LogP) is 6.42. The molecule has 1 aliphatic rings. The molecule has 1 saturated heterocycles. The molecule has 2 aromatic heterocycles. The second-order valence-electron chi connectivity index (χ2n) is 7.18. The monoisotopic (exact) mass is 493 g/mol. The molecule has 0 spiro atoms. The molecule has 0 aliphatic carbocycles. The third kappa shape index (κ3) is 3.86. The molecule has 7 heteroatoms. The Hall–Kier alpha value is -3.03. The molecule has 1 aliphatic heterocycles. The molecule has 31 heavy (non-hydrogen) atoms. The van der Waals surface area contributed by atoms with Gasteiger partial charge in [0.05, 0.1) is 11.7 Å². The van der Waals surface area contributed by atoms with E-state index >= 15 is 0 Å². The summed E-state index contributed by atoms with van der Waals surface area (Å²) in [5.74, 6) is 1.13. The lowest BCUT2D eigenvalue weighted by Crippen LogP contribution is -2.29. The highest BCUT2D eigenvalue weighted by atomic mass is 79.9. The summed E-state index contributed by atoms with van der Waals surface area (Å²) in [6.45, 7) is 0. The third-order valence-corrected chi connectivity index (χ3v) is 6.09. The molecule has 2 aromatic carbocycles. The van der Waals surface area contributed by atoms with E-state index in [0.717, 1.165) is 27.2 Å². The lowest BCUT2D eigenvalue weighted by molar-refractivity contribution is 0.439. The first-order valence-corrected chi connectivity index (χ1v) is 10.9. The van der Waals surface area contributed by atoms with E-state index in [1.165, 1.54) is 12.1 Å². The van der Waals surface area contributed by atoms with E-state index in [1.54, 1.807) is 18.3 Å². The number of anilines is 1. The van der Waals surface area contributed by atoms with Crippen LogP contribution < -0.4 is 10.2 Å². The Bertz CT molecular complexity index is 1210. The molecule has 5 rings (SSSR count). The minimum absolute atomic E-state index is 0.190. The lowest BCUT2D eigenvalue weighted by atomic mass is 10.0. The fourth-order valence-corrected chi connectivity index (χ4v) is 4.41. The zero-order valence-electron chi connectivity index (χ0n) is 16.2. The average Bonchev–Trinajstić information content (AvgIpc) is 3.40. The number of furan rings is 1. The number of nitrogens with one attached hydrogen (secondary N) is 1. The van der Waals surface area contributed by atoms with Gasteiger partial charge >= 0.3 is 0 Å². The lowest BCUT2D eigenvalue weighted by Gasteiger charge is -2.26. The molecule has 0 radical (unpaired) electrons. The van der Waals surface area contributed by atoms with Crippen molar-refractivity contribution in [1.82, 2.24) is 10.3 Å². The van der Waals surface area contributed by atoms with Gasteiger partial charge in [-0.1, -0.05) is 22.0 Å². The fourth-order valence-electron chi connectivity index (χ4n) is 3.80. The van der Waals surface area contributed by atoms with Gasteiger partial charge in [-0.3, -0.25) is 4.98 Å². The predicted molar refractivity (Wildman–Crippen MR) is 126 cm³/mol. The Kier molecular flexibility index (Phi) is 5.29. The summed E-state index contributed by atoms with van der Waals surface area (Å²) in [6, 6.07) is 23.5. The molecule has 0 unspecified atom stereocenters. The van der Waals surface area contributed by atoms with Crippen molar-refractivity contribution < 1.29 is 8.81 Å². The first-order chi connectivity index (χ1) is 15.1. The van der Waals surface area contributed by atoms with Crippen molar-refractivity contribution in [2.75, 3.05) is 4.90 Å². The van der Waals surface area contributed by atoms with Crippen molar-refractivity contribution in [2.45, 2.75) is 12.1 Å². The summed E-state index contributed by atoms with van der Waals surface area (Å²) < 4.78 is 20.6. The van der Waals surface area contributed by atoms with Gasteiger partial charge < -0.3 is 14.6 Å². The third-order valence-electron chi connectivity index (χ3n) is 5.25. The zero-order valence-corrected chi connectivity index (χ0v) is 18.6. The van der Waals surface area contributed by atoms with Crippen LogP contribution in [0.3, 0.4) is 0 Å². The van der Waals surface area contributed by atoms with Crippen LogP contribution >= 0.6 is 28.1 Å². The Morgan fingerprint density at radius 2 is 1.74 bits per heavy atom. The van der Waals surface area contributed by atoms with Crippen LogP contribution in [0.1, 0.15) is 23.5 Å². The summed E-state index contributed by atoms with van der Waals surface area (Å²) in [7, 11) is 0. The van der Waals surface area contributed by atoms with Gasteiger partial charge in [-0.25, -0.2) is 4.39 Å². The first-order valence-electron chi connectivity index (χ1n) is 9.72. The standard InChI is InChI=1S/C24H17BrFN3OS/c25-16-6-10-18(11-7-16)29-23(22(28-24(29)31)19-3-1-2-14-27-19)21-13-12-20(30-21)15-4-8-17(26)9-5-15/h1-14,22-23H,(H,28,31)/t22-,23+/m0/s1. The fraction of sp³-hybridized carbons (Fsp3) is 0.0833. The highest BCUT2D eigenvalue weighted by molar-refractivity contribution is 9.10. The van der Waals surface area contributed by atoms with Crippen LogP contribution in [0.5, 0.6) is 0 Å². The molecule has 154 valence electrons. The van der Waals surface area contributed by atoms with Crippen molar-refractivity contribution in [3.8, 4) is 11.3 Å². The number of aromatic nitrogens is 1. The van der Waals surface area contributed by atoms with Crippen LogP contribution in [-0.4, -0.2) is 10.1 Å². The first kappa shape index (κ1) is 19.9. The number of thiocarbonyl (C=S) groups is 1. The summed E-state index contributed by atoms with van der Waals surface area (Å²) in [5, 5.41) is 4.01. The summed E-state index contributed by atoms with van der Waals surface area (Å²) >= 11 is 9.21. The van der Waals surface area contributed by atoms with E-state index in [9.17, 15) is 4.39 Å².